The number of aliphatic hydroxyl groups is 2. The van der Waals surface area contributed by atoms with E-state index in [0.29, 0.717) is 0 Å². The quantitative estimate of drug-likeness (QED) is 0.453. The minimum absolute atomic E-state index is 0.0141. The maximum Gasteiger partial charge on any atom is 0.0607 e. The fourth-order valence-electron chi connectivity index (χ4n) is 0.670. The zero-order chi connectivity index (χ0) is 7.82. The van der Waals surface area contributed by atoms with Gasteiger partial charge in [-0.1, -0.05) is 13.3 Å². The molecule has 3 nitrogen and oxygen atoms in total. The highest BCUT2D eigenvalue weighted by atomic mass is 16.3. The van der Waals surface area contributed by atoms with Gasteiger partial charge in [0.25, 0.3) is 0 Å². The van der Waals surface area contributed by atoms with Crippen LogP contribution >= 0.6 is 0 Å². The number of rotatable bonds is 6. The van der Waals surface area contributed by atoms with Gasteiger partial charge in [0, 0.05) is 0 Å². The SMILES string of the molecule is CCCCNC(CO)CO. The Morgan fingerprint density at radius 2 is 1.90 bits per heavy atom. The van der Waals surface area contributed by atoms with Crippen molar-refractivity contribution in [2.45, 2.75) is 25.8 Å². The first-order chi connectivity index (χ1) is 4.85. The topological polar surface area (TPSA) is 52.5 Å². The standard InChI is InChI=1S/C7H17NO2/c1-2-3-4-8-7(5-9)6-10/h7-10H,2-6H2,1H3. The van der Waals surface area contributed by atoms with Crippen LogP contribution in [0.5, 0.6) is 0 Å². The van der Waals surface area contributed by atoms with E-state index in [1.54, 1.807) is 0 Å². The third kappa shape index (κ3) is 4.73. The Morgan fingerprint density at radius 1 is 1.30 bits per heavy atom. The van der Waals surface area contributed by atoms with E-state index in [2.05, 4.69) is 12.2 Å². The first kappa shape index (κ1) is 9.88. The molecule has 10 heavy (non-hydrogen) atoms. The number of unbranched alkanes of at least 4 members (excludes halogenated alkanes) is 1. The molecule has 62 valence electrons. The Labute approximate surface area is 62.1 Å². The predicted molar refractivity (Wildman–Crippen MR) is 40.9 cm³/mol. The maximum atomic E-state index is 8.60. The number of hydrogen-bond acceptors (Lipinski definition) is 3. The molecule has 3 heteroatoms. The monoisotopic (exact) mass is 147 g/mol. The van der Waals surface area contributed by atoms with Crippen molar-refractivity contribution in [2.75, 3.05) is 19.8 Å². The van der Waals surface area contributed by atoms with Gasteiger partial charge < -0.3 is 15.5 Å². The van der Waals surface area contributed by atoms with Crippen LogP contribution in [0.4, 0.5) is 0 Å². The Morgan fingerprint density at radius 3 is 2.30 bits per heavy atom. The first-order valence-corrected chi connectivity index (χ1v) is 3.80. The minimum Gasteiger partial charge on any atom is -0.395 e. The molecule has 0 aliphatic rings. The van der Waals surface area contributed by atoms with Gasteiger partial charge in [0.15, 0.2) is 0 Å². The molecule has 0 bridgehead atoms. The van der Waals surface area contributed by atoms with E-state index < -0.39 is 0 Å². The van der Waals surface area contributed by atoms with E-state index in [1.807, 2.05) is 0 Å². The van der Waals surface area contributed by atoms with Gasteiger partial charge >= 0.3 is 0 Å². The highest BCUT2D eigenvalue weighted by Gasteiger charge is 2.01. The van der Waals surface area contributed by atoms with Crippen molar-refractivity contribution < 1.29 is 10.2 Å². The minimum atomic E-state index is -0.133. The number of hydrogen-bond donors (Lipinski definition) is 3. The molecule has 0 aliphatic carbocycles. The molecule has 0 saturated carbocycles. The summed E-state index contributed by atoms with van der Waals surface area (Å²) in [5.41, 5.74) is 0. The van der Waals surface area contributed by atoms with Gasteiger partial charge in [0.1, 0.15) is 0 Å². The summed E-state index contributed by atoms with van der Waals surface area (Å²) in [6.07, 6.45) is 2.23. The zero-order valence-corrected chi connectivity index (χ0v) is 6.51. The molecule has 0 fully saturated rings. The molecule has 0 rings (SSSR count). The molecule has 0 aromatic heterocycles. The van der Waals surface area contributed by atoms with E-state index in [1.165, 1.54) is 0 Å². The molecule has 0 aromatic rings. The lowest BCUT2D eigenvalue weighted by atomic mass is 10.3. The molecule has 0 radical (unpaired) electrons. The second kappa shape index (κ2) is 6.99. The van der Waals surface area contributed by atoms with Crippen LogP contribution in [-0.2, 0) is 0 Å². The van der Waals surface area contributed by atoms with Crippen LogP contribution in [0.1, 0.15) is 19.8 Å². The van der Waals surface area contributed by atoms with E-state index in [0.717, 1.165) is 19.4 Å². The van der Waals surface area contributed by atoms with Crippen LogP contribution in [0.3, 0.4) is 0 Å². The van der Waals surface area contributed by atoms with Crippen molar-refractivity contribution in [3.63, 3.8) is 0 Å². The lowest BCUT2D eigenvalue weighted by Gasteiger charge is -2.11. The summed E-state index contributed by atoms with van der Waals surface area (Å²) in [4.78, 5) is 0. The van der Waals surface area contributed by atoms with Crippen LogP contribution in [0.2, 0.25) is 0 Å². The molecular weight excluding hydrogens is 130 g/mol. The van der Waals surface area contributed by atoms with Crippen molar-refractivity contribution in [1.82, 2.24) is 5.32 Å². The van der Waals surface area contributed by atoms with Gasteiger partial charge in [-0.15, -0.1) is 0 Å². The van der Waals surface area contributed by atoms with Crippen molar-refractivity contribution in [3.05, 3.63) is 0 Å². The lowest BCUT2D eigenvalue weighted by molar-refractivity contribution is 0.171. The molecule has 0 heterocycles. The van der Waals surface area contributed by atoms with Gasteiger partial charge in [-0.3, -0.25) is 0 Å². The Hall–Kier alpha value is -0.120. The van der Waals surface area contributed by atoms with Crippen LogP contribution in [0.25, 0.3) is 0 Å². The van der Waals surface area contributed by atoms with Gasteiger partial charge in [-0.2, -0.15) is 0 Å². The average Bonchev–Trinajstić information content (AvgIpc) is 1.99. The molecule has 3 N–H and O–H groups in total. The fraction of sp³-hybridized carbons (Fsp3) is 1.00. The summed E-state index contributed by atoms with van der Waals surface area (Å²) in [5.74, 6) is 0. The van der Waals surface area contributed by atoms with Crippen LogP contribution in [0, 0.1) is 0 Å². The second-order valence-electron chi connectivity index (χ2n) is 2.37. The van der Waals surface area contributed by atoms with Crippen LogP contribution in [-0.4, -0.2) is 36.0 Å². The second-order valence-corrected chi connectivity index (χ2v) is 2.37. The van der Waals surface area contributed by atoms with Gasteiger partial charge in [0.2, 0.25) is 0 Å². The first-order valence-electron chi connectivity index (χ1n) is 3.80. The molecular formula is C7H17NO2. The Balaban J connectivity index is 3.09. The average molecular weight is 147 g/mol. The van der Waals surface area contributed by atoms with E-state index >= 15 is 0 Å². The highest BCUT2D eigenvalue weighted by Crippen LogP contribution is 1.85. The molecule has 0 aromatic carbocycles. The van der Waals surface area contributed by atoms with Gasteiger partial charge in [-0.05, 0) is 13.0 Å². The predicted octanol–water partition coefficient (Wildman–Crippen LogP) is -0.271. The van der Waals surface area contributed by atoms with Crippen molar-refractivity contribution in [1.29, 1.82) is 0 Å². The molecule has 0 aliphatic heterocycles. The molecule has 0 amide bonds. The summed E-state index contributed by atoms with van der Waals surface area (Å²) in [6, 6.07) is -0.133. The summed E-state index contributed by atoms with van der Waals surface area (Å²) in [5, 5.41) is 20.2. The van der Waals surface area contributed by atoms with Gasteiger partial charge in [0.05, 0.1) is 19.3 Å². The third-order valence-electron chi connectivity index (χ3n) is 1.40. The summed E-state index contributed by atoms with van der Waals surface area (Å²) >= 11 is 0. The van der Waals surface area contributed by atoms with Crippen molar-refractivity contribution in [3.8, 4) is 0 Å². The van der Waals surface area contributed by atoms with E-state index in [-0.39, 0.29) is 19.3 Å². The van der Waals surface area contributed by atoms with Crippen molar-refractivity contribution in [2.24, 2.45) is 0 Å². The largest absolute Gasteiger partial charge is 0.395 e. The highest BCUT2D eigenvalue weighted by molar-refractivity contribution is 4.62. The number of aliphatic hydroxyl groups excluding tert-OH is 2. The zero-order valence-electron chi connectivity index (χ0n) is 6.51. The smallest absolute Gasteiger partial charge is 0.0607 e. The fourth-order valence-corrected chi connectivity index (χ4v) is 0.670. The van der Waals surface area contributed by atoms with Crippen LogP contribution in [0.15, 0.2) is 0 Å². The molecule has 0 saturated heterocycles. The van der Waals surface area contributed by atoms with E-state index in [9.17, 15) is 0 Å². The lowest BCUT2D eigenvalue weighted by Crippen LogP contribution is -2.36. The summed E-state index contributed by atoms with van der Waals surface area (Å²) in [6.45, 7) is 3.01. The summed E-state index contributed by atoms with van der Waals surface area (Å²) in [7, 11) is 0. The number of nitrogens with one attached hydrogen (secondary N) is 1. The van der Waals surface area contributed by atoms with E-state index in [4.69, 9.17) is 10.2 Å². The molecule has 0 atom stereocenters. The van der Waals surface area contributed by atoms with Crippen molar-refractivity contribution >= 4 is 0 Å². The molecule has 0 unspecified atom stereocenters. The van der Waals surface area contributed by atoms with Crippen LogP contribution < -0.4 is 5.32 Å². The Kier molecular flexibility index (Phi) is 6.91. The normalized spacial score (nSPS) is 10.8. The summed E-state index contributed by atoms with van der Waals surface area (Å²) < 4.78 is 0. The molecule has 0 spiro atoms. The third-order valence-corrected chi connectivity index (χ3v) is 1.40. The Bertz CT molecular complexity index is 64.6. The maximum absolute atomic E-state index is 8.60. The van der Waals surface area contributed by atoms with Gasteiger partial charge in [-0.25, -0.2) is 0 Å².